The maximum Gasteiger partial charge on any atom is 0.165 e. The molecule has 0 spiro atoms. The van der Waals surface area contributed by atoms with E-state index in [0.29, 0.717) is 13.2 Å². The number of aryl methyl sites for hydroxylation is 1. The van der Waals surface area contributed by atoms with E-state index in [4.69, 9.17) is 9.15 Å². The SMILES string of the molecule is CCCNCc1occc1COc1cc(C)ccc1F. The molecule has 0 aliphatic carbocycles. The van der Waals surface area contributed by atoms with Crippen LogP contribution in [0.15, 0.2) is 34.9 Å². The van der Waals surface area contributed by atoms with Crippen LogP contribution in [0.3, 0.4) is 0 Å². The number of rotatable bonds is 7. The van der Waals surface area contributed by atoms with Crippen molar-refractivity contribution >= 4 is 0 Å². The molecule has 20 heavy (non-hydrogen) atoms. The molecule has 0 amide bonds. The molecule has 1 N–H and O–H groups in total. The maximum absolute atomic E-state index is 13.6. The highest BCUT2D eigenvalue weighted by atomic mass is 19.1. The summed E-state index contributed by atoms with van der Waals surface area (Å²) in [7, 11) is 0. The first kappa shape index (κ1) is 14.6. The molecule has 0 aliphatic heterocycles. The van der Waals surface area contributed by atoms with E-state index in [1.54, 1.807) is 18.4 Å². The third kappa shape index (κ3) is 3.84. The van der Waals surface area contributed by atoms with Crippen LogP contribution in [0.25, 0.3) is 0 Å². The number of furan rings is 1. The van der Waals surface area contributed by atoms with Crippen LogP contribution >= 0.6 is 0 Å². The first-order valence-corrected chi connectivity index (χ1v) is 6.85. The van der Waals surface area contributed by atoms with Crippen molar-refractivity contribution in [2.45, 2.75) is 33.4 Å². The van der Waals surface area contributed by atoms with Crippen LogP contribution in [0.2, 0.25) is 0 Å². The van der Waals surface area contributed by atoms with Gasteiger partial charge in [0.15, 0.2) is 11.6 Å². The van der Waals surface area contributed by atoms with Crippen LogP contribution in [0.1, 0.15) is 30.2 Å². The number of nitrogens with one attached hydrogen (secondary N) is 1. The molecule has 4 heteroatoms. The van der Waals surface area contributed by atoms with Gasteiger partial charge in [0, 0.05) is 5.56 Å². The van der Waals surface area contributed by atoms with E-state index in [9.17, 15) is 4.39 Å². The average molecular weight is 277 g/mol. The number of benzene rings is 1. The fourth-order valence-electron chi connectivity index (χ4n) is 1.91. The van der Waals surface area contributed by atoms with Crippen molar-refractivity contribution in [3.63, 3.8) is 0 Å². The minimum Gasteiger partial charge on any atom is -0.486 e. The Labute approximate surface area is 118 Å². The molecular formula is C16H20FNO2. The lowest BCUT2D eigenvalue weighted by Gasteiger charge is -2.08. The quantitative estimate of drug-likeness (QED) is 0.782. The summed E-state index contributed by atoms with van der Waals surface area (Å²) in [4.78, 5) is 0. The highest BCUT2D eigenvalue weighted by molar-refractivity contribution is 5.30. The molecule has 0 aliphatic rings. The highest BCUT2D eigenvalue weighted by Gasteiger charge is 2.09. The number of hydrogen-bond acceptors (Lipinski definition) is 3. The van der Waals surface area contributed by atoms with Gasteiger partial charge in [-0.15, -0.1) is 0 Å². The van der Waals surface area contributed by atoms with Gasteiger partial charge in [-0.3, -0.25) is 0 Å². The van der Waals surface area contributed by atoms with E-state index in [2.05, 4.69) is 12.2 Å². The maximum atomic E-state index is 13.6. The van der Waals surface area contributed by atoms with E-state index in [1.165, 1.54) is 6.07 Å². The van der Waals surface area contributed by atoms with Crippen LogP contribution in [0.5, 0.6) is 5.75 Å². The molecule has 1 aromatic heterocycles. The molecule has 0 saturated heterocycles. The third-order valence-corrected chi connectivity index (χ3v) is 3.02. The summed E-state index contributed by atoms with van der Waals surface area (Å²) >= 11 is 0. The van der Waals surface area contributed by atoms with Gasteiger partial charge in [-0.1, -0.05) is 13.0 Å². The fraction of sp³-hybridized carbons (Fsp3) is 0.375. The first-order valence-electron chi connectivity index (χ1n) is 6.85. The summed E-state index contributed by atoms with van der Waals surface area (Å²) in [5.74, 6) is 0.773. The molecule has 0 radical (unpaired) electrons. The Morgan fingerprint density at radius 3 is 2.95 bits per heavy atom. The predicted molar refractivity (Wildman–Crippen MR) is 76.2 cm³/mol. The predicted octanol–water partition coefficient (Wildman–Crippen LogP) is 3.81. The molecule has 108 valence electrons. The molecule has 0 unspecified atom stereocenters. The second-order valence-corrected chi connectivity index (χ2v) is 4.77. The second kappa shape index (κ2) is 7.10. The summed E-state index contributed by atoms with van der Waals surface area (Å²) in [5.41, 5.74) is 1.91. The molecule has 2 aromatic rings. The minimum absolute atomic E-state index is 0.277. The zero-order chi connectivity index (χ0) is 14.4. The van der Waals surface area contributed by atoms with Crippen LogP contribution in [0.4, 0.5) is 4.39 Å². The summed E-state index contributed by atoms with van der Waals surface area (Å²) in [5, 5.41) is 3.27. The van der Waals surface area contributed by atoms with Crippen molar-refractivity contribution in [2.24, 2.45) is 0 Å². The van der Waals surface area contributed by atoms with Gasteiger partial charge in [0.05, 0.1) is 12.8 Å². The van der Waals surface area contributed by atoms with E-state index in [-0.39, 0.29) is 11.6 Å². The van der Waals surface area contributed by atoms with Gasteiger partial charge in [0.25, 0.3) is 0 Å². The zero-order valence-corrected chi connectivity index (χ0v) is 11.9. The van der Waals surface area contributed by atoms with Gasteiger partial charge < -0.3 is 14.5 Å². The molecule has 0 atom stereocenters. The molecule has 3 nitrogen and oxygen atoms in total. The standard InChI is InChI=1S/C16H20FNO2/c1-3-7-18-10-16-13(6-8-19-16)11-20-15-9-12(2)4-5-14(15)17/h4-6,8-9,18H,3,7,10-11H2,1-2H3. The van der Waals surface area contributed by atoms with Gasteiger partial charge in [-0.2, -0.15) is 0 Å². The van der Waals surface area contributed by atoms with Crippen molar-refractivity contribution in [2.75, 3.05) is 6.54 Å². The molecule has 1 heterocycles. The largest absolute Gasteiger partial charge is 0.486 e. The fourth-order valence-corrected chi connectivity index (χ4v) is 1.91. The number of halogens is 1. The Balaban J connectivity index is 1.97. The monoisotopic (exact) mass is 277 g/mol. The Morgan fingerprint density at radius 2 is 2.15 bits per heavy atom. The lowest BCUT2D eigenvalue weighted by atomic mass is 10.2. The highest BCUT2D eigenvalue weighted by Crippen LogP contribution is 2.21. The molecule has 1 aromatic carbocycles. The zero-order valence-electron chi connectivity index (χ0n) is 11.9. The minimum atomic E-state index is -0.343. The average Bonchev–Trinajstić information content (AvgIpc) is 2.88. The van der Waals surface area contributed by atoms with Crippen molar-refractivity contribution < 1.29 is 13.5 Å². The summed E-state index contributed by atoms with van der Waals surface area (Å²) in [6.45, 7) is 5.92. The summed E-state index contributed by atoms with van der Waals surface area (Å²) in [6.07, 6.45) is 2.70. The third-order valence-electron chi connectivity index (χ3n) is 3.02. The van der Waals surface area contributed by atoms with Gasteiger partial charge in [0.2, 0.25) is 0 Å². The Hall–Kier alpha value is -1.81. The molecule has 0 fully saturated rings. The van der Waals surface area contributed by atoms with Crippen molar-refractivity contribution in [3.05, 3.63) is 53.2 Å². The Bertz CT molecular complexity index is 551. The Morgan fingerprint density at radius 1 is 1.30 bits per heavy atom. The van der Waals surface area contributed by atoms with Gasteiger partial charge in [0.1, 0.15) is 12.4 Å². The molecule has 0 saturated carbocycles. The first-order chi connectivity index (χ1) is 9.70. The Kier molecular flexibility index (Phi) is 5.18. The summed E-state index contributed by atoms with van der Waals surface area (Å²) < 4.78 is 24.6. The normalized spacial score (nSPS) is 10.8. The van der Waals surface area contributed by atoms with E-state index < -0.39 is 0 Å². The van der Waals surface area contributed by atoms with Gasteiger partial charge in [-0.05, 0) is 43.7 Å². The van der Waals surface area contributed by atoms with Crippen molar-refractivity contribution in [1.82, 2.24) is 5.32 Å². The van der Waals surface area contributed by atoms with Crippen molar-refractivity contribution in [1.29, 1.82) is 0 Å². The molecular weight excluding hydrogens is 257 g/mol. The lowest BCUT2D eigenvalue weighted by molar-refractivity contribution is 0.286. The van der Waals surface area contributed by atoms with Crippen LogP contribution < -0.4 is 10.1 Å². The number of hydrogen-bond donors (Lipinski definition) is 1. The molecule has 2 rings (SSSR count). The van der Waals surface area contributed by atoms with Crippen LogP contribution in [-0.2, 0) is 13.2 Å². The smallest absolute Gasteiger partial charge is 0.165 e. The lowest BCUT2D eigenvalue weighted by Crippen LogP contribution is -2.14. The van der Waals surface area contributed by atoms with Crippen molar-refractivity contribution in [3.8, 4) is 5.75 Å². The van der Waals surface area contributed by atoms with E-state index in [0.717, 1.165) is 29.9 Å². The topological polar surface area (TPSA) is 34.4 Å². The van der Waals surface area contributed by atoms with Gasteiger partial charge in [-0.25, -0.2) is 4.39 Å². The molecule has 0 bridgehead atoms. The van der Waals surface area contributed by atoms with E-state index >= 15 is 0 Å². The van der Waals surface area contributed by atoms with E-state index in [1.807, 2.05) is 13.0 Å². The summed E-state index contributed by atoms with van der Waals surface area (Å²) in [6, 6.07) is 6.70. The number of ether oxygens (including phenoxy) is 1. The van der Waals surface area contributed by atoms with Crippen LogP contribution in [0, 0.1) is 12.7 Å². The van der Waals surface area contributed by atoms with Gasteiger partial charge >= 0.3 is 0 Å². The second-order valence-electron chi connectivity index (χ2n) is 4.77. The van der Waals surface area contributed by atoms with Crippen LogP contribution in [-0.4, -0.2) is 6.54 Å².